The summed E-state index contributed by atoms with van der Waals surface area (Å²) in [5.41, 5.74) is 5.72. The highest BCUT2D eigenvalue weighted by atomic mass is 16.5. The first-order valence-corrected chi connectivity index (χ1v) is 9.97. The van der Waals surface area contributed by atoms with Crippen LogP contribution >= 0.6 is 0 Å². The largest absolute Gasteiger partial charge is 0.429 e. The van der Waals surface area contributed by atoms with Crippen molar-refractivity contribution >= 4 is 29.6 Å². The SMILES string of the molecule is C[N+]1=C(/C=C/c2ccc(N3CCOCC3)cc2)C(C)(C)c2cc(OC=O)ccc21. The molecule has 1 saturated heterocycles. The van der Waals surface area contributed by atoms with E-state index in [1.54, 1.807) is 0 Å². The van der Waals surface area contributed by atoms with Crippen molar-refractivity contribution < 1.29 is 18.8 Å². The maximum atomic E-state index is 10.7. The molecule has 2 aromatic rings. The number of ether oxygens (including phenoxy) is 2. The van der Waals surface area contributed by atoms with E-state index in [-0.39, 0.29) is 5.41 Å². The summed E-state index contributed by atoms with van der Waals surface area (Å²) in [5, 5.41) is 0. The van der Waals surface area contributed by atoms with Gasteiger partial charge in [0.05, 0.1) is 18.6 Å². The van der Waals surface area contributed by atoms with Crippen LogP contribution in [0.5, 0.6) is 5.75 Å². The Hall–Kier alpha value is -2.92. The first-order chi connectivity index (χ1) is 14.0. The Kier molecular flexibility index (Phi) is 5.24. The zero-order chi connectivity index (χ0) is 20.4. The first kappa shape index (κ1) is 19.4. The van der Waals surface area contributed by atoms with Crippen molar-refractivity contribution in [2.75, 3.05) is 38.3 Å². The second-order valence-electron chi connectivity index (χ2n) is 7.99. The van der Waals surface area contributed by atoms with E-state index in [9.17, 15) is 4.79 Å². The lowest BCUT2D eigenvalue weighted by atomic mass is 9.81. The van der Waals surface area contributed by atoms with Crippen molar-refractivity contribution in [2.45, 2.75) is 19.3 Å². The molecule has 2 aliphatic heterocycles. The average Bonchev–Trinajstić information content (AvgIpc) is 2.93. The summed E-state index contributed by atoms with van der Waals surface area (Å²) in [6.45, 7) is 8.34. The van der Waals surface area contributed by atoms with Crippen LogP contribution in [0.2, 0.25) is 0 Å². The second-order valence-corrected chi connectivity index (χ2v) is 7.99. The van der Waals surface area contributed by atoms with E-state index >= 15 is 0 Å². The van der Waals surface area contributed by atoms with Crippen LogP contribution in [0.15, 0.2) is 48.5 Å². The first-order valence-electron chi connectivity index (χ1n) is 9.97. The Morgan fingerprint density at radius 3 is 2.48 bits per heavy atom. The molecular weight excluding hydrogens is 364 g/mol. The summed E-state index contributed by atoms with van der Waals surface area (Å²) in [4.78, 5) is 13.0. The van der Waals surface area contributed by atoms with Gasteiger partial charge in [0.1, 0.15) is 12.8 Å². The molecule has 0 bridgehead atoms. The van der Waals surface area contributed by atoms with Gasteiger partial charge in [0, 0.05) is 36.5 Å². The third kappa shape index (κ3) is 3.70. The monoisotopic (exact) mass is 391 g/mol. The quantitative estimate of drug-likeness (QED) is 0.575. The number of fused-ring (bicyclic) bond motifs is 1. The number of hydrogen-bond donors (Lipinski definition) is 0. The van der Waals surface area contributed by atoms with Gasteiger partial charge in [-0.2, -0.15) is 4.58 Å². The predicted octanol–water partition coefficient (Wildman–Crippen LogP) is 3.78. The van der Waals surface area contributed by atoms with Crippen LogP contribution in [-0.4, -0.2) is 50.1 Å². The Labute approximate surface area is 171 Å². The second kappa shape index (κ2) is 7.84. The smallest absolute Gasteiger partial charge is 0.298 e. The van der Waals surface area contributed by atoms with Gasteiger partial charge < -0.3 is 14.4 Å². The van der Waals surface area contributed by atoms with Crippen LogP contribution < -0.4 is 9.64 Å². The molecule has 2 aromatic carbocycles. The molecule has 2 aliphatic rings. The van der Waals surface area contributed by atoms with E-state index in [2.05, 4.69) is 66.8 Å². The van der Waals surface area contributed by atoms with E-state index in [0.29, 0.717) is 12.2 Å². The number of allylic oxidation sites excluding steroid dienone is 1. The molecule has 150 valence electrons. The minimum atomic E-state index is -0.184. The van der Waals surface area contributed by atoms with Gasteiger partial charge >= 0.3 is 0 Å². The summed E-state index contributed by atoms with van der Waals surface area (Å²) in [6.07, 6.45) is 4.34. The van der Waals surface area contributed by atoms with Crippen LogP contribution in [0.25, 0.3) is 6.08 Å². The van der Waals surface area contributed by atoms with Crippen molar-refractivity contribution in [1.82, 2.24) is 0 Å². The molecule has 1 fully saturated rings. The molecular formula is C24H27N2O3+. The molecule has 29 heavy (non-hydrogen) atoms. The van der Waals surface area contributed by atoms with Crippen LogP contribution in [0, 0.1) is 0 Å². The molecule has 2 heterocycles. The predicted molar refractivity (Wildman–Crippen MR) is 116 cm³/mol. The Morgan fingerprint density at radius 2 is 1.79 bits per heavy atom. The van der Waals surface area contributed by atoms with Crippen molar-refractivity contribution in [3.63, 3.8) is 0 Å². The fourth-order valence-corrected chi connectivity index (χ4v) is 4.24. The maximum absolute atomic E-state index is 10.7. The maximum Gasteiger partial charge on any atom is 0.298 e. The molecule has 0 N–H and O–H groups in total. The molecule has 0 saturated carbocycles. The van der Waals surface area contributed by atoms with Crippen LogP contribution in [0.4, 0.5) is 11.4 Å². The number of benzene rings is 2. The van der Waals surface area contributed by atoms with E-state index in [0.717, 1.165) is 37.6 Å². The summed E-state index contributed by atoms with van der Waals surface area (Å²) >= 11 is 0. The summed E-state index contributed by atoms with van der Waals surface area (Å²) in [6, 6.07) is 14.5. The van der Waals surface area contributed by atoms with Gasteiger partial charge in [-0.1, -0.05) is 12.1 Å². The lowest BCUT2D eigenvalue weighted by Gasteiger charge is -2.28. The highest BCUT2D eigenvalue weighted by molar-refractivity contribution is 6.05. The highest BCUT2D eigenvalue weighted by Crippen LogP contribution is 2.41. The fraction of sp³-hybridized carbons (Fsp3) is 0.333. The topological polar surface area (TPSA) is 41.8 Å². The van der Waals surface area contributed by atoms with Crippen LogP contribution in [-0.2, 0) is 14.9 Å². The van der Waals surface area contributed by atoms with E-state index in [1.165, 1.54) is 17.0 Å². The molecule has 4 rings (SSSR count). The summed E-state index contributed by atoms with van der Waals surface area (Å²) in [5.74, 6) is 0.573. The molecule has 0 amide bonds. The Balaban J connectivity index is 1.56. The van der Waals surface area contributed by atoms with Crippen LogP contribution in [0.3, 0.4) is 0 Å². The third-order valence-corrected chi connectivity index (χ3v) is 5.89. The molecule has 5 nitrogen and oxygen atoms in total. The van der Waals surface area contributed by atoms with Gasteiger partial charge in [0.15, 0.2) is 5.71 Å². The van der Waals surface area contributed by atoms with Crippen molar-refractivity contribution in [3.05, 3.63) is 59.7 Å². The molecule has 0 radical (unpaired) electrons. The minimum absolute atomic E-state index is 0.184. The normalized spacial score (nSPS) is 18.2. The molecule has 0 aromatic heterocycles. The highest BCUT2D eigenvalue weighted by Gasteiger charge is 2.43. The van der Waals surface area contributed by atoms with Gasteiger partial charge in [-0.05, 0) is 49.8 Å². The van der Waals surface area contributed by atoms with Crippen molar-refractivity contribution in [2.24, 2.45) is 0 Å². The lowest BCUT2D eigenvalue weighted by Crippen LogP contribution is -2.36. The van der Waals surface area contributed by atoms with Gasteiger partial charge in [0.2, 0.25) is 5.69 Å². The number of rotatable bonds is 5. The Bertz CT molecular complexity index is 968. The molecule has 5 heteroatoms. The molecule has 0 unspecified atom stereocenters. The number of carbonyl (C=O) groups excluding carboxylic acids is 1. The van der Waals surface area contributed by atoms with Crippen molar-refractivity contribution in [3.8, 4) is 5.75 Å². The minimum Gasteiger partial charge on any atom is -0.429 e. The van der Waals surface area contributed by atoms with Gasteiger partial charge in [-0.25, -0.2) is 0 Å². The lowest BCUT2D eigenvalue weighted by molar-refractivity contribution is -0.401. The molecule has 0 spiro atoms. The van der Waals surface area contributed by atoms with E-state index in [4.69, 9.17) is 9.47 Å². The van der Waals surface area contributed by atoms with E-state index in [1.807, 2.05) is 18.2 Å². The summed E-state index contributed by atoms with van der Waals surface area (Å²) in [7, 11) is 2.08. The third-order valence-electron chi connectivity index (χ3n) is 5.89. The van der Waals surface area contributed by atoms with Crippen molar-refractivity contribution in [1.29, 1.82) is 0 Å². The molecule has 0 aliphatic carbocycles. The van der Waals surface area contributed by atoms with Crippen LogP contribution in [0.1, 0.15) is 25.0 Å². The number of hydrogen-bond acceptors (Lipinski definition) is 4. The van der Waals surface area contributed by atoms with Gasteiger partial charge in [-0.15, -0.1) is 0 Å². The fourth-order valence-electron chi connectivity index (χ4n) is 4.24. The zero-order valence-corrected chi connectivity index (χ0v) is 17.2. The standard InChI is InChI=1S/C24H27N2O3/c1-24(2)21-16-20(29-17-27)9-10-22(21)25(3)23(24)11-6-18-4-7-19(8-5-18)26-12-14-28-15-13-26/h4-11,16-17H,12-15H2,1-3H3/q+1. The van der Waals surface area contributed by atoms with E-state index < -0.39 is 0 Å². The number of morpholine rings is 1. The number of nitrogens with zero attached hydrogens (tertiary/aromatic N) is 2. The van der Waals surface area contributed by atoms with Gasteiger partial charge in [0.25, 0.3) is 6.47 Å². The number of carbonyl (C=O) groups is 1. The zero-order valence-electron chi connectivity index (χ0n) is 17.2. The molecule has 0 atom stereocenters. The van der Waals surface area contributed by atoms with Gasteiger partial charge in [-0.3, -0.25) is 4.79 Å². The average molecular weight is 391 g/mol. The Morgan fingerprint density at radius 1 is 1.07 bits per heavy atom. The summed E-state index contributed by atoms with van der Waals surface area (Å²) < 4.78 is 12.7. The number of anilines is 1.